The van der Waals surface area contributed by atoms with E-state index in [0.717, 1.165) is 5.69 Å². The molecule has 0 aromatic carbocycles. The highest BCUT2D eigenvalue weighted by Crippen LogP contribution is 2.16. The zero-order chi connectivity index (χ0) is 11.7. The highest BCUT2D eigenvalue weighted by molar-refractivity contribution is 6.30. The molecule has 0 N–H and O–H groups in total. The first-order valence-corrected chi connectivity index (χ1v) is 5.32. The number of esters is 1. The van der Waals surface area contributed by atoms with E-state index in [2.05, 4.69) is 4.98 Å². The summed E-state index contributed by atoms with van der Waals surface area (Å²) in [5, 5.41) is 0.591. The molecule has 0 aliphatic rings. The number of nitrogens with zero attached hydrogens (tertiary/aromatic N) is 2. The molecule has 0 aliphatic carbocycles. The van der Waals surface area contributed by atoms with Crippen LogP contribution in [-0.2, 0) is 4.74 Å². The third kappa shape index (κ3) is 1.76. The van der Waals surface area contributed by atoms with Crippen molar-refractivity contribution in [3.05, 3.63) is 34.7 Å². The molecule has 0 spiro atoms. The van der Waals surface area contributed by atoms with Crippen LogP contribution in [0.1, 0.15) is 23.1 Å². The average molecular weight is 239 g/mol. The summed E-state index contributed by atoms with van der Waals surface area (Å²) in [6, 6.07) is 3.45. The van der Waals surface area contributed by atoms with Gasteiger partial charge in [0.15, 0.2) is 5.69 Å². The topological polar surface area (TPSA) is 43.6 Å². The van der Waals surface area contributed by atoms with E-state index < -0.39 is 5.97 Å². The van der Waals surface area contributed by atoms with Crippen molar-refractivity contribution in [2.24, 2.45) is 0 Å². The molecular formula is C11H11ClN2O2. The smallest absolute Gasteiger partial charge is 0.358 e. The maximum atomic E-state index is 11.6. The lowest BCUT2D eigenvalue weighted by atomic mass is 10.3. The number of carbonyl (C=O) groups excluding carboxylic acids is 1. The van der Waals surface area contributed by atoms with E-state index in [-0.39, 0.29) is 0 Å². The van der Waals surface area contributed by atoms with Crippen LogP contribution in [0.15, 0.2) is 18.3 Å². The lowest BCUT2D eigenvalue weighted by Crippen LogP contribution is -2.06. The standard InChI is InChI=1S/C11H11ClN2O2/c1-3-16-11(15)10-7(2)14-5-4-8(12)6-9(14)13-10/h4-6H,3H2,1-2H3. The van der Waals surface area contributed by atoms with Crippen LogP contribution in [0.2, 0.25) is 5.02 Å². The maximum Gasteiger partial charge on any atom is 0.358 e. The van der Waals surface area contributed by atoms with Gasteiger partial charge in [-0.05, 0) is 19.9 Å². The Hall–Kier alpha value is -1.55. The summed E-state index contributed by atoms with van der Waals surface area (Å²) in [7, 11) is 0. The number of fused-ring (bicyclic) bond motifs is 1. The molecule has 84 valence electrons. The van der Waals surface area contributed by atoms with Crippen molar-refractivity contribution in [1.29, 1.82) is 0 Å². The van der Waals surface area contributed by atoms with E-state index in [1.54, 1.807) is 29.7 Å². The average Bonchev–Trinajstić information content (AvgIpc) is 2.56. The number of hydrogen-bond donors (Lipinski definition) is 0. The van der Waals surface area contributed by atoms with Gasteiger partial charge in [0.2, 0.25) is 0 Å². The first kappa shape index (κ1) is 11.0. The van der Waals surface area contributed by atoms with Crippen molar-refractivity contribution < 1.29 is 9.53 Å². The quantitative estimate of drug-likeness (QED) is 0.755. The number of hydrogen-bond acceptors (Lipinski definition) is 3. The van der Waals surface area contributed by atoms with Crippen LogP contribution in [0.4, 0.5) is 0 Å². The Bertz CT molecular complexity index is 548. The van der Waals surface area contributed by atoms with Crippen molar-refractivity contribution >= 4 is 23.2 Å². The van der Waals surface area contributed by atoms with E-state index in [9.17, 15) is 4.79 Å². The SMILES string of the molecule is CCOC(=O)c1nc2cc(Cl)ccn2c1C. The van der Waals surface area contributed by atoms with Crippen molar-refractivity contribution in [2.45, 2.75) is 13.8 Å². The van der Waals surface area contributed by atoms with Crippen molar-refractivity contribution in [1.82, 2.24) is 9.38 Å². The van der Waals surface area contributed by atoms with E-state index in [1.807, 2.05) is 6.92 Å². The minimum atomic E-state index is -0.403. The van der Waals surface area contributed by atoms with Gasteiger partial charge in [0.1, 0.15) is 5.65 Å². The predicted octanol–water partition coefficient (Wildman–Crippen LogP) is 2.47. The van der Waals surface area contributed by atoms with E-state index in [0.29, 0.717) is 23.0 Å². The van der Waals surface area contributed by atoms with Gasteiger partial charge in [0.05, 0.1) is 12.3 Å². The largest absolute Gasteiger partial charge is 0.461 e. The molecule has 0 fully saturated rings. The van der Waals surface area contributed by atoms with E-state index >= 15 is 0 Å². The molecule has 2 heterocycles. The summed E-state index contributed by atoms with van der Waals surface area (Å²) in [5.41, 5.74) is 1.74. The third-order valence-corrected chi connectivity index (χ3v) is 2.53. The highest BCUT2D eigenvalue weighted by atomic mass is 35.5. The fourth-order valence-corrected chi connectivity index (χ4v) is 1.69. The number of carbonyl (C=O) groups is 1. The molecule has 0 unspecified atom stereocenters. The number of aromatic nitrogens is 2. The summed E-state index contributed by atoms with van der Waals surface area (Å²) in [5.74, 6) is -0.403. The molecule has 0 radical (unpaired) electrons. The Morgan fingerprint density at radius 3 is 3.06 bits per heavy atom. The Morgan fingerprint density at radius 1 is 1.62 bits per heavy atom. The Morgan fingerprint density at radius 2 is 2.38 bits per heavy atom. The van der Waals surface area contributed by atoms with Crippen molar-refractivity contribution in [3.63, 3.8) is 0 Å². The van der Waals surface area contributed by atoms with Crippen LogP contribution in [0.3, 0.4) is 0 Å². The van der Waals surface area contributed by atoms with Gasteiger partial charge in [-0.2, -0.15) is 0 Å². The molecule has 0 saturated heterocycles. The van der Waals surface area contributed by atoms with Gasteiger partial charge in [-0.3, -0.25) is 0 Å². The zero-order valence-electron chi connectivity index (χ0n) is 9.03. The van der Waals surface area contributed by atoms with Crippen LogP contribution in [-0.4, -0.2) is 22.0 Å². The molecule has 0 amide bonds. The van der Waals surface area contributed by atoms with Gasteiger partial charge >= 0.3 is 5.97 Å². The minimum absolute atomic E-state index is 0.337. The molecule has 2 aromatic heterocycles. The van der Waals surface area contributed by atoms with Gasteiger partial charge < -0.3 is 9.14 Å². The van der Waals surface area contributed by atoms with Gasteiger partial charge in [-0.25, -0.2) is 9.78 Å². The number of ether oxygens (including phenoxy) is 1. The third-order valence-electron chi connectivity index (χ3n) is 2.30. The van der Waals surface area contributed by atoms with Crippen molar-refractivity contribution in [3.8, 4) is 0 Å². The number of imidazole rings is 1. The maximum absolute atomic E-state index is 11.6. The molecule has 16 heavy (non-hydrogen) atoms. The molecule has 0 bridgehead atoms. The van der Waals surface area contributed by atoms with E-state index in [1.165, 1.54) is 0 Å². The first-order valence-electron chi connectivity index (χ1n) is 4.94. The summed E-state index contributed by atoms with van der Waals surface area (Å²) < 4.78 is 6.72. The first-order chi connectivity index (χ1) is 7.63. The fraction of sp³-hybridized carbons (Fsp3) is 0.273. The van der Waals surface area contributed by atoms with Crippen LogP contribution in [0.25, 0.3) is 5.65 Å². The van der Waals surface area contributed by atoms with Crippen LogP contribution in [0, 0.1) is 6.92 Å². The lowest BCUT2D eigenvalue weighted by Gasteiger charge is -1.99. The molecule has 5 heteroatoms. The molecule has 0 saturated carbocycles. The second-order valence-corrected chi connectivity index (χ2v) is 3.78. The number of halogens is 1. The summed E-state index contributed by atoms with van der Waals surface area (Å²) in [6.45, 7) is 3.92. The van der Waals surface area contributed by atoms with Gasteiger partial charge in [0.25, 0.3) is 0 Å². The molecule has 2 aromatic rings. The fourth-order valence-electron chi connectivity index (χ4n) is 1.54. The summed E-state index contributed by atoms with van der Waals surface area (Å²) in [4.78, 5) is 15.8. The Balaban J connectivity index is 2.55. The molecular weight excluding hydrogens is 228 g/mol. The Kier molecular flexibility index (Phi) is 2.83. The van der Waals surface area contributed by atoms with E-state index in [4.69, 9.17) is 16.3 Å². The number of aryl methyl sites for hydroxylation is 1. The number of rotatable bonds is 2. The molecule has 2 rings (SSSR count). The van der Waals surface area contributed by atoms with Crippen LogP contribution >= 0.6 is 11.6 Å². The molecule has 0 atom stereocenters. The summed E-state index contributed by atoms with van der Waals surface area (Å²) >= 11 is 5.85. The predicted molar refractivity (Wildman–Crippen MR) is 60.9 cm³/mol. The Labute approximate surface area is 97.8 Å². The lowest BCUT2D eigenvalue weighted by molar-refractivity contribution is 0.0519. The van der Waals surface area contributed by atoms with Crippen LogP contribution < -0.4 is 0 Å². The summed E-state index contributed by atoms with van der Waals surface area (Å²) in [6.07, 6.45) is 1.78. The van der Waals surface area contributed by atoms with Crippen molar-refractivity contribution in [2.75, 3.05) is 6.61 Å². The van der Waals surface area contributed by atoms with Gasteiger partial charge in [-0.1, -0.05) is 11.6 Å². The second-order valence-electron chi connectivity index (χ2n) is 3.34. The highest BCUT2D eigenvalue weighted by Gasteiger charge is 2.16. The van der Waals surface area contributed by atoms with Gasteiger partial charge in [0, 0.05) is 17.3 Å². The normalized spacial score (nSPS) is 10.7. The van der Waals surface area contributed by atoms with Gasteiger partial charge in [-0.15, -0.1) is 0 Å². The molecule has 4 nitrogen and oxygen atoms in total. The monoisotopic (exact) mass is 238 g/mol. The second kappa shape index (κ2) is 4.14. The minimum Gasteiger partial charge on any atom is -0.461 e. The number of pyridine rings is 1. The molecule has 0 aliphatic heterocycles. The van der Waals surface area contributed by atoms with Crippen LogP contribution in [0.5, 0.6) is 0 Å². The zero-order valence-corrected chi connectivity index (χ0v) is 9.78.